The number of hydrogen-bond acceptors (Lipinski definition) is 7. The maximum absolute atomic E-state index is 12.9. The zero-order valence-electron chi connectivity index (χ0n) is 22.4. The molecule has 216 valence electrons. The lowest BCUT2D eigenvalue weighted by Gasteiger charge is -2.25. The van der Waals surface area contributed by atoms with E-state index in [-0.39, 0.29) is 32.3 Å². The second-order valence-electron chi connectivity index (χ2n) is 9.27. The molecule has 2 aromatic rings. The molecule has 0 saturated carbocycles. The van der Waals surface area contributed by atoms with Crippen LogP contribution in [0.5, 0.6) is 0 Å². The molecule has 0 fully saturated rings. The Hall–Kier alpha value is -4.45. The number of ether oxygens (including phenoxy) is 1. The quantitative estimate of drug-likeness (QED) is 0.172. The van der Waals surface area contributed by atoms with Gasteiger partial charge in [-0.15, -0.1) is 0 Å². The Morgan fingerprint density at radius 3 is 2.00 bits per heavy atom. The molecule has 0 saturated heterocycles. The van der Waals surface area contributed by atoms with Gasteiger partial charge in [0.05, 0.1) is 18.6 Å². The zero-order chi connectivity index (χ0) is 29.5. The van der Waals surface area contributed by atoms with Gasteiger partial charge in [-0.1, -0.05) is 67.6 Å². The number of rotatable bonds is 16. The second kappa shape index (κ2) is 16.5. The van der Waals surface area contributed by atoms with Gasteiger partial charge >= 0.3 is 6.09 Å². The molecule has 0 unspecified atom stereocenters. The highest BCUT2D eigenvalue weighted by Crippen LogP contribution is 2.11. The lowest BCUT2D eigenvalue weighted by Crippen LogP contribution is -2.54. The van der Waals surface area contributed by atoms with Gasteiger partial charge in [0.2, 0.25) is 23.6 Å². The van der Waals surface area contributed by atoms with Crippen molar-refractivity contribution in [2.75, 3.05) is 0 Å². The highest BCUT2D eigenvalue weighted by atomic mass is 16.5. The molecule has 8 N–H and O–H groups in total. The number of aliphatic hydroxyl groups is 1. The topological polar surface area (TPSA) is 203 Å². The molecule has 0 heterocycles. The average Bonchev–Trinajstić information content (AvgIpc) is 2.93. The van der Waals surface area contributed by atoms with E-state index < -0.39 is 60.4 Å². The maximum atomic E-state index is 12.9. The number of nitrogens with two attached hydrogens (primary N) is 2. The van der Waals surface area contributed by atoms with E-state index in [4.69, 9.17) is 16.2 Å². The Kier molecular flexibility index (Phi) is 13.1. The summed E-state index contributed by atoms with van der Waals surface area (Å²) < 4.78 is 5.27. The molecule has 12 nitrogen and oxygen atoms in total. The molecule has 40 heavy (non-hydrogen) atoms. The van der Waals surface area contributed by atoms with Crippen molar-refractivity contribution in [2.45, 2.75) is 69.9 Å². The van der Waals surface area contributed by atoms with E-state index in [9.17, 15) is 29.1 Å². The first kappa shape index (κ1) is 31.8. The van der Waals surface area contributed by atoms with Crippen LogP contribution in [0.15, 0.2) is 60.7 Å². The summed E-state index contributed by atoms with van der Waals surface area (Å²) >= 11 is 0. The van der Waals surface area contributed by atoms with Crippen LogP contribution in [0.3, 0.4) is 0 Å². The lowest BCUT2D eigenvalue weighted by molar-refractivity contribution is -0.132. The normalized spacial score (nSPS) is 13.7. The van der Waals surface area contributed by atoms with Crippen molar-refractivity contribution in [2.24, 2.45) is 11.5 Å². The van der Waals surface area contributed by atoms with Crippen molar-refractivity contribution in [3.8, 4) is 0 Å². The highest BCUT2D eigenvalue weighted by Gasteiger charge is 2.29. The van der Waals surface area contributed by atoms with Crippen molar-refractivity contribution in [1.29, 1.82) is 0 Å². The second-order valence-corrected chi connectivity index (χ2v) is 9.27. The van der Waals surface area contributed by atoms with Crippen LogP contribution in [0.1, 0.15) is 43.7 Å². The van der Waals surface area contributed by atoms with Crippen molar-refractivity contribution in [3.05, 3.63) is 71.8 Å². The van der Waals surface area contributed by atoms with Crippen molar-refractivity contribution in [1.82, 2.24) is 16.0 Å². The smallest absolute Gasteiger partial charge is 0.407 e. The van der Waals surface area contributed by atoms with Crippen LogP contribution in [0.2, 0.25) is 0 Å². The summed E-state index contributed by atoms with van der Waals surface area (Å²) in [7, 11) is 0. The number of nitrogens with one attached hydrogen (secondary N) is 3. The van der Waals surface area contributed by atoms with Gasteiger partial charge in [-0.05, 0) is 30.4 Å². The first-order chi connectivity index (χ1) is 19.1. The van der Waals surface area contributed by atoms with Gasteiger partial charge in [-0.3, -0.25) is 19.2 Å². The first-order valence-corrected chi connectivity index (χ1v) is 13.0. The number of amides is 5. The highest BCUT2D eigenvalue weighted by molar-refractivity contribution is 5.92. The fourth-order valence-electron chi connectivity index (χ4n) is 3.86. The SMILES string of the molecule is CC[C@H](NC(=O)[C@H](CCC(N)=O)NC(=O)C[C@H](O)[C@H](Cc1ccccc1)NC(=O)OCc1ccccc1)C(N)=O. The van der Waals surface area contributed by atoms with Crippen molar-refractivity contribution in [3.63, 3.8) is 0 Å². The van der Waals surface area contributed by atoms with E-state index >= 15 is 0 Å². The minimum atomic E-state index is -1.36. The van der Waals surface area contributed by atoms with Crippen LogP contribution >= 0.6 is 0 Å². The molecule has 0 aliphatic rings. The van der Waals surface area contributed by atoms with Gasteiger partial charge in [0.25, 0.3) is 0 Å². The van der Waals surface area contributed by atoms with E-state index in [1.54, 1.807) is 31.2 Å². The third-order valence-corrected chi connectivity index (χ3v) is 6.07. The van der Waals surface area contributed by atoms with Gasteiger partial charge in [-0.25, -0.2) is 4.79 Å². The van der Waals surface area contributed by atoms with Crippen LogP contribution in [0.25, 0.3) is 0 Å². The third kappa shape index (κ3) is 11.5. The average molecular weight is 556 g/mol. The monoisotopic (exact) mass is 555 g/mol. The fraction of sp³-hybridized carbons (Fsp3) is 0.393. The molecular weight excluding hydrogens is 518 g/mol. The standard InChI is InChI=1S/C28H37N5O7/c1-2-20(26(30)37)32-27(38)21(13-14-24(29)35)31-25(36)16-23(34)22(15-18-9-5-3-6-10-18)33-28(39)40-17-19-11-7-4-8-12-19/h3-12,20-23,34H,2,13-17H2,1H3,(H2,29,35)(H2,30,37)(H,31,36)(H,32,38)(H,33,39)/t20-,21-,22-,23-/m0/s1. The van der Waals surface area contributed by atoms with Crippen LogP contribution in [-0.4, -0.2) is 59.1 Å². The number of alkyl carbamates (subject to hydrolysis) is 1. The Labute approximate surface area is 232 Å². The van der Waals surface area contributed by atoms with Gasteiger partial charge in [-0.2, -0.15) is 0 Å². The summed E-state index contributed by atoms with van der Waals surface area (Å²) in [6.45, 7) is 1.66. The van der Waals surface area contributed by atoms with E-state index in [0.29, 0.717) is 0 Å². The lowest BCUT2D eigenvalue weighted by atomic mass is 9.98. The predicted octanol–water partition coefficient (Wildman–Crippen LogP) is 0.406. The molecule has 5 amide bonds. The summed E-state index contributed by atoms with van der Waals surface area (Å²) in [6, 6.07) is 15.0. The van der Waals surface area contributed by atoms with Gasteiger partial charge in [0.15, 0.2) is 0 Å². The van der Waals surface area contributed by atoms with E-state index in [1.807, 2.05) is 36.4 Å². The van der Waals surface area contributed by atoms with Gasteiger partial charge in [0.1, 0.15) is 18.7 Å². The Bertz CT molecular complexity index is 1130. The number of carbonyl (C=O) groups excluding carboxylic acids is 5. The molecule has 0 bridgehead atoms. The third-order valence-electron chi connectivity index (χ3n) is 6.07. The van der Waals surface area contributed by atoms with Crippen molar-refractivity contribution >= 4 is 29.7 Å². The molecule has 2 aromatic carbocycles. The maximum Gasteiger partial charge on any atom is 0.407 e. The number of carbonyl (C=O) groups is 5. The van der Waals surface area contributed by atoms with Crippen LogP contribution in [-0.2, 0) is 36.9 Å². The fourth-order valence-corrected chi connectivity index (χ4v) is 3.86. The zero-order valence-corrected chi connectivity index (χ0v) is 22.4. The molecule has 12 heteroatoms. The van der Waals surface area contributed by atoms with E-state index in [0.717, 1.165) is 11.1 Å². The van der Waals surface area contributed by atoms with E-state index in [2.05, 4.69) is 16.0 Å². The molecule has 2 rings (SSSR count). The van der Waals surface area contributed by atoms with Gasteiger partial charge in [0, 0.05) is 6.42 Å². The number of benzene rings is 2. The summed E-state index contributed by atoms with van der Waals surface area (Å²) in [5.41, 5.74) is 12.1. The molecule has 0 aliphatic heterocycles. The first-order valence-electron chi connectivity index (χ1n) is 13.0. The number of primary amides is 2. The summed E-state index contributed by atoms with van der Waals surface area (Å²) in [5.74, 6) is -2.88. The summed E-state index contributed by atoms with van der Waals surface area (Å²) in [4.78, 5) is 60.9. The number of aliphatic hydroxyl groups excluding tert-OH is 1. The van der Waals surface area contributed by atoms with Crippen LogP contribution in [0, 0.1) is 0 Å². The minimum absolute atomic E-state index is 0.0159. The molecule has 4 atom stereocenters. The minimum Gasteiger partial charge on any atom is -0.445 e. The van der Waals surface area contributed by atoms with Crippen molar-refractivity contribution < 1.29 is 33.8 Å². The van der Waals surface area contributed by atoms with Gasteiger partial charge < -0.3 is 37.3 Å². The van der Waals surface area contributed by atoms with E-state index in [1.165, 1.54) is 0 Å². The molecule has 0 spiro atoms. The predicted molar refractivity (Wildman–Crippen MR) is 146 cm³/mol. The van der Waals surface area contributed by atoms with Crippen LogP contribution < -0.4 is 27.4 Å². The molecule has 0 radical (unpaired) electrons. The largest absolute Gasteiger partial charge is 0.445 e. The Morgan fingerprint density at radius 1 is 0.850 bits per heavy atom. The summed E-state index contributed by atoms with van der Waals surface area (Å²) in [6.07, 6.45) is -2.54. The Balaban J connectivity index is 2.08. The summed E-state index contributed by atoms with van der Waals surface area (Å²) in [5, 5.41) is 18.5. The molecular formula is C28H37N5O7. The Morgan fingerprint density at radius 2 is 1.45 bits per heavy atom. The molecule has 0 aromatic heterocycles. The molecule has 0 aliphatic carbocycles. The number of hydrogen-bond donors (Lipinski definition) is 6. The van der Waals surface area contributed by atoms with Crippen LogP contribution in [0.4, 0.5) is 4.79 Å².